The predicted molar refractivity (Wildman–Crippen MR) is 80.0 cm³/mol. The van der Waals surface area contributed by atoms with Crippen molar-refractivity contribution in [1.82, 2.24) is 4.90 Å². The minimum absolute atomic E-state index is 0.0380. The number of hydrogen-bond acceptors (Lipinski definition) is 3. The largest absolute Gasteiger partial charge is 0.478 e. The van der Waals surface area contributed by atoms with E-state index in [9.17, 15) is 9.90 Å². The molecule has 1 aliphatic heterocycles. The summed E-state index contributed by atoms with van der Waals surface area (Å²) in [5, 5.41) is 9.39. The van der Waals surface area contributed by atoms with Crippen molar-refractivity contribution in [2.45, 2.75) is 19.4 Å². The Balaban J connectivity index is 2.38. The number of carbonyl (C=O) groups is 1. The molecule has 0 aliphatic carbocycles. The van der Waals surface area contributed by atoms with E-state index in [0.29, 0.717) is 10.0 Å². The molecule has 1 heterocycles. The second kappa shape index (κ2) is 5.13. The summed E-state index contributed by atoms with van der Waals surface area (Å²) < 4.78 is 0.634. The zero-order chi connectivity index (χ0) is 14.2. The van der Waals surface area contributed by atoms with Crippen molar-refractivity contribution in [2.75, 3.05) is 31.6 Å². The lowest BCUT2D eigenvalue weighted by molar-refractivity contribution is 0.0695. The number of halogens is 1. The SMILES string of the molecule is CN1CCN(c2cccc(Br)c2C(=O)O)CC1(C)C. The summed E-state index contributed by atoms with van der Waals surface area (Å²) in [6, 6.07) is 5.54. The van der Waals surface area contributed by atoms with Gasteiger partial charge < -0.3 is 10.0 Å². The van der Waals surface area contributed by atoms with Crippen molar-refractivity contribution >= 4 is 27.6 Å². The van der Waals surface area contributed by atoms with Crippen LogP contribution in [-0.4, -0.2) is 48.2 Å². The number of hydrogen-bond donors (Lipinski definition) is 1. The van der Waals surface area contributed by atoms with Gasteiger partial charge in [-0.15, -0.1) is 0 Å². The van der Waals surface area contributed by atoms with Crippen LogP contribution in [0.25, 0.3) is 0 Å². The van der Waals surface area contributed by atoms with E-state index in [1.54, 1.807) is 6.07 Å². The second-order valence-electron chi connectivity index (χ2n) is 5.59. The summed E-state index contributed by atoms with van der Waals surface area (Å²) >= 11 is 3.34. The van der Waals surface area contributed by atoms with Gasteiger partial charge in [-0.05, 0) is 49.0 Å². The molecule has 0 unspecified atom stereocenters. The molecule has 1 aromatic carbocycles. The van der Waals surface area contributed by atoms with E-state index in [1.807, 2.05) is 12.1 Å². The Morgan fingerprint density at radius 1 is 1.37 bits per heavy atom. The predicted octanol–water partition coefficient (Wildman–Crippen LogP) is 2.68. The van der Waals surface area contributed by atoms with Gasteiger partial charge in [-0.3, -0.25) is 4.90 Å². The lowest BCUT2D eigenvalue weighted by Gasteiger charge is -2.46. The Morgan fingerprint density at radius 2 is 2.05 bits per heavy atom. The maximum Gasteiger partial charge on any atom is 0.338 e. The third-order valence-electron chi connectivity index (χ3n) is 3.86. The Kier molecular flexibility index (Phi) is 3.87. The molecule has 4 nitrogen and oxygen atoms in total. The molecule has 5 heteroatoms. The van der Waals surface area contributed by atoms with Gasteiger partial charge in [0.1, 0.15) is 0 Å². The smallest absolute Gasteiger partial charge is 0.338 e. The summed E-state index contributed by atoms with van der Waals surface area (Å²) in [6.07, 6.45) is 0. The second-order valence-corrected chi connectivity index (χ2v) is 6.45. The summed E-state index contributed by atoms with van der Waals surface area (Å²) in [6.45, 7) is 6.95. The lowest BCUT2D eigenvalue weighted by atomic mass is 9.98. The molecule has 0 bridgehead atoms. The van der Waals surface area contributed by atoms with Crippen molar-refractivity contribution in [3.63, 3.8) is 0 Å². The first-order valence-electron chi connectivity index (χ1n) is 6.31. The first-order chi connectivity index (χ1) is 8.83. The fourth-order valence-electron chi connectivity index (χ4n) is 2.43. The normalized spacial score (nSPS) is 19.5. The van der Waals surface area contributed by atoms with E-state index in [1.165, 1.54) is 0 Å². The molecular formula is C14H19BrN2O2. The summed E-state index contributed by atoms with van der Waals surface area (Å²) in [4.78, 5) is 15.9. The quantitative estimate of drug-likeness (QED) is 0.907. The van der Waals surface area contributed by atoms with Crippen molar-refractivity contribution in [3.05, 3.63) is 28.2 Å². The number of anilines is 1. The maximum atomic E-state index is 11.4. The molecule has 1 saturated heterocycles. The van der Waals surface area contributed by atoms with Crippen molar-refractivity contribution < 1.29 is 9.90 Å². The van der Waals surface area contributed by atoms with Crippen LogP contribution in [0.4, 0.5) is 5.69 Å². The van der Waals surface area contributed by atoms with Crippen LogP contribution >= 0.6 is 15.9 Å². The standard InChI is InChI=1S/C14H19BrN2O2/c1-14(2)9-17(8-7-16(14)3)11-6-4-5-10(15)12(11)13(18)19/h4-6H,7-9H2,1-3H3,(H,18,19). The number of aromatic carboxylic acids is 1. The van der Waals surface area contributed by atoms with Gasteiger partial charge in [-0.25, -0.2) is 4.79 Å². The van der Waals surface area contributed by atoms with E-state index in [4.69, 9.17) is 0 Å². The molecule has 0 radical (unpaired) electrons. The van der Waals surface area contributed by atoms with Crippen molar-refractivity contribution in [1.29, 1.82) is 0 Å². The first kappa shape index (κ1) is 14.3. The Hall–Kier alpha value is -1.07. The van der Waals surface area contributed by atoms with E-state index >= 15 is 0 Å². The summed E-state index contributed by atoms with van der Waals surface area (Å²) in [5.74, 6) is -0.890. The molecule has 0 spiro atoms. The molecule has 1 N–H and O–H groups in total. The monoisotopic (exact) mass is 326 g/mol. The highest BCUT2D eigenvalue weighted by atomic mass is 79.9. The molecule has 1 aliphatic rings. The molecule has 104 valence electrons. The lowest BCUT2D eigenvalue weighted by Crippen LogP contribution is -2.58. The van der Waals surface area contributed by atoms with Crippen molar-refractivity contribution in [2.24, 2.45) is 0 Å². The molecule has 2 rings (SSSR count). The van der Waals surface area contributed by atoms with Gasteiger partial charge in [0.2, 0.25) is 0 Å². The van der Waals surface area contributed by atoms with E-state index in [2.05, 4.69) is 46.6 Å². The number of likely N-dealkylation sites (N-methyl/N-ethyl adjacent to an activating group) is 1. The van der Waals surface area contributed by atoms with E-state index < -0.39 is 5.97 Å². The highest BCUT2D eigenvalue weighted by Gasteiger charge is 2.32. The number of nitrogens with zero attached hydrogens (tertiary/aromatic N) is 2. The average molecular weight is 327 g/mol. The number of carboxylic acids is 1. The minimum Gasteiger partial charge on any atom is -0.478 e. The fraction of sp³-hybridized carbons (Fsp3) is 0.500. The van der Waals surface area contributed by atoms with Crippen LogP contribution in [0, 0.1) is 0 Å². The van der Waals surface area contributed by atoms with Crippen LogP contribution in [0.1, 0.15) is 24.2 Å². The van der Waals surface area contributed by atoms with Gasteiger partial charge in [0, 0.05) is 29.6 Å². The number of carboxylic acid groups (broad SMARTS) is 1. The molecular weight excluding hydrogens is 308 g/mol. The Bertz CT molecular complexity index is 502. The maximum absolute atomic E-state index is 11.4. The Morgan fingerprint density at radius 3 is 2.63 bits per heavy atom. The zero-order valence-corrected chi connectivity index (χ0v) is 13.1. The van der Waals surface area contributed by atoms with Gasteiger partial charge in [0.25, 0.3) is 0 Å². The van der Waals surface area contributed by atoms with Crippen LogP contribution in [0.3, 0.4) is 0 Å². The molecule has 0 saturated carbocycles. The highest BCUT2D eigenvalue weighted by Crippen LogP contribution is 2.31. The van der Waals surface area contributed by atoms with Gasteiger partial charge in [0.05, 0.1) is 11.3 Å². The number of rotatable bonds is 2. The van der Waals surface area contributed by atoms with E-state index in [-0.39, 0.29) is 5.54 Å². The fourth-order valence-corrected chi connectivity index (χ4v) is 2.96. The molecule has 1 fully saturated rings. The third-order valence-corrected chi connectivity index (χ3v) is 4.52. The van der Waals surface area contributed by atoms with Crippen molar-refractivity contribution in [3.8, 4) is 0 Å². The van der Waals surface area contributed by atoms with Gasteiger partial charge in [-0.1, -0.05) is 6.07 Å². The van der Waals surface area contributed by atoms with Crippen LogP contribution in [0.5, 0.6) is 0 Å². The van der Waals surface area contributed by atoms with Gasteiger partial charge in [-0.2, -0.15) is 0 Å². The van der Waals surface area contributed by atoms with Gasteiger partial charge >= 0.3 is 5.97 Å². The van der Waals surface area contributed by atoms with Crippen LogP contribution in [-0.2, 0) is 0 Å². The van der Waals surface area contributed by atoms with E-state index in [0.717, 1.165) is 25.3 Å². The number of piperazine rings is 1. The van der Waals surface area contributed by atoms with Crippen LogP contribution in [0.2, 0.25) is 0 Å². The van der Waals surface area contributed by atoms with Crippen LogP contribution in [0.15, 0.2) is 22.7 Å². The molecule has 19 heavy (non-hydrogen) atoms. The third kappa shape index (κ3) is 2.77. The summed E-state index contributed by atoms with van der Waals surface area (Å²) in [7, 11) is 2.11. The molecule has 0 aromatic heterocycles. The molecule has 1 aromatic rings. The number of benzene rings is 1. The molecule has 0 atom stereocenters. The van der Waals surface area contributed by atoms with Crippen LogP contribution < -0.4 is 4.90 Å². The highest BCUT2D eigenvalue weighted by molar-refractivity contribution is 9.10. The minimum atomic E-state index is -0.890. The molecule has 0 amide bonds. The average Bonchev–Trinajstić information content (AvgIpc) is 2.31. The van der Waals surface area contributed by atoms with Gasteiger partial charge in [0.15, 0.2) is 0 Å². The first-order valence-corrected chi connectivity index (χ1v) is 7.10. The topological polar surface area (TPSA) is 43.8 Å². The Labute approximate surface area is 122 Å². The summed E-state index contributed by atoms with van der Waals surface area (Å²) in [5.41, 5.74) is 1.18. The zero-order valence-electron chi connectivity index (χ0n) is 11.5.